The minimum atomic E-state index is 0.641. The third kappa shape index (κ3) is 1.93. The molecular formula is C15H19N5. The van der Waals surface area contributed by atoms with E-state index in [1.807, 2.05) is 24.1 Å². The standard InChI is InChI=1S/C15H19N5/c1-20-9-11(7-17-20)15-18-13-5-6-16-8-12(13)14(19-15)10-3-2-4-10/h7,9-10,16H,2-6,8H2,1H3. The van der Waals surface area contributed by atoms with Gasteiger partial charge in [-0.25, -0.2) is 9.97 Å². The van der Waals surface area contributed by atoms with E-state index in [0.29, 0.717) is 5.92 Å². The van der Waals surface area contributed by atoms with Crippen molar-refractivity contribution >= 4 is 0 Å². The van der Waals surface area contributed by atoms with Crippen LogP contribution in [0.2, 0.25) is 0 Å². The summed E-state index contributed by atoms with van der Waals surface area (Å²) in [4.78, 5) is 9.68. The number of nitrogens with one attached hydrogen (secondary N) is 1. The molecule has 0 bridgehead atoms. The molecule has 4 rings (SSSR count). The topological polar surface area (TPSA) is 55.6 Å². The minimum absolute atomic E-state index is 0.641. The van der Waals surface area contributed by atoms with Gasteiger partial charge in [0, 0.05) is 44.2 Å². The maximum absolute atomic E-state index is 4.89. The Morgan fingerprint density at radius 1 is 1.30 bits per heavy atom. The van der Waals surface area contributed by atoms with Gasteiger partial charge in [0.2, 0.25) is 0 Å². The molecule has 2 aromatic heterocycles. The molecule has 0 spiro atoms. The SMILES string of the molecule is Cn1cc(-c2nc3c(c(C4CCC4)n2)CNCC3)cn1. The number of fused-ring (bicyclic) bond motifs is 1. The monoisotopic (exact) mass is 269 g/mol. The predicted molar refractivity (Wildman–Crippen MR) is 76.2 cm³/mol. The van der Waals surface area contributed by atoms with Gasteiger partial charge < -0.3 is 5.32 Å². The highest BCUT2D eigenvalue weighted by atomic mass is 15.2. The van der Waals surface area contributed by atoms with E-state index < -0.39 is 0 Å². The van der Waals surface area contributed by atoms with Gasteiger partial charge in [0.15, 0.2) is 5.82 Å². The first kappa shape index (κ1) is 12.0. The zero-order valence-electron chi connectivity index (χ0n) is 11.8. The van der Waals surface area contributed by atoms with E-state index in [2.05, 4.69) is 10.4 Å². The molecule has 0 unspecified atom stereocenters. The smallest absolute Gasteiger partial charge is 0.162 e. The molecule has 2 aromatic rings. The van der Waals surface area contributed by atoms with E-state index in [4.69, 9.17) is 9.97 Å². The number of hydrogen-bond donors (Lipinski definition) is 1. The summed E-state index contributed by atoms with van der Waals surface area (Å²) in [6.45, 7) is 1.94. The second-order valence-corrected chi connectivity index (χ2v) is 5.81. The van der Waals surface area contributed by atoms with Gasteiger partial charge in [0.1, 0.15) is 0 Å². The van der Waals surface area contributed by atoms with Crippen molar-refractivity contribution in [3.63, 3.8) is 0 Å². The maximum atomic E-state index is 4.89. The lowest BCUT2D eigenvalue weighted by molar-refractivity contribution is 0.404. The molecule has 0 aromatic carbocycles. The van der Waals surface area contributed by atoms with Gasteiger partial charge in [-0.2, -0.15) is 5.10 Å². The Labute approximate surface area is 118 Å². The van der Waals surface area contributed by atoms with Gasteiger partial charge >= 0.3 is 0 Å². The zero-order chi connectivity index (χ0) is 13.5. The third-order valence-corrected chi connectivity index (χ3v) is 4.42. The molecule has 0 amide bonds. The van der Waals surface area contributed by atoms with E-state index in [-0.39, 0.29) is 0 Å². The molecule has 3 heterocycles. The van der Waals surface area contributed by atoms with Crippen LogP contribution in [0, 0.1) is 0 Å². The summed E-state index contributed by atoms with van der Waals surface area (Å²) in [6, 6.07) is 0. The number of rotatable bonds is 2. The van der Waals surface area contributed by atoms with Crippen LogP contribution in [-0.2, 0) is 20.0 Å². The van der Waals surface area contributed by atoms with E-state index in [0.717, 1.165) is 30.9 Å². The van der Waals surface area contributed by atoms with Gasteiger partial charge in [0.25, 0.3) is 0 Å². The van der Waals surface area contributed by atoms with Crippen LogP contribution in [0.15, 0.2) is 12.4 Å². The molecular weight excluding hydrogens is 250 g/mol. The first-order chi connectivity index (χ1) is 9.81. The Hall–Kier alpha value is -1.75. The maximum Gasteiger partial charge on any atom is 0.162 e. The predicted octanol–water partition coefficient (Wildman–Crippen LogP) is 1.79. The van der Waals surface area contributed by atoms with Crippen LogP contribution in [0.1, 0.15) is 42.1 Å². The quantitative estimate of drug-likeness (QED) is 0.903. The summed E-state index contributed by atoms with van der Waals surface area (Å²) >= 11 is 0. The molecule has 1 fully saturated rings. The Morgan fingerprint density at radius 2 is 2.20 bits per heavy atom. The van der Waals surface area contributed by atoms with Crippen molar-refractivity contribution in [3.8, 4) is 11.4 Å². The molecule has 5 nitrogen and oxygen atoms in total. The number of aryl methyl sites for hydroxylation is 1. The van der Waals surface area contributed by atoms with Gasteiger partial charge in [-0.1, -0.05) is 6.42 Å². The molecule has 5 heteroatoms. The summed E-state index contributed by atoms with van der Waals surface area (Å²) < 4.78 is 1.81. The van der Waals surface area contributed by atoms with Crippen molar-refractivity contribution in [2.24, 2.45) is 7.05 Å². The van der Waals surface area contributed by atoms with E-state index >= 15 is 0 Å². The number of aromatic nitrogens is 4. The average molecular weight is 269 g/mol. The minimum Gasteiger partial charge on any atom is -0.312 e. The highest BCUT2D eigenvalue weighted by molar-refractivity contribution is 5.54. The van der Waals surface area contributed by atoms with Gasteiger partial charge in [0.05, 0.1) is 23.1 Å². The largest absolute Gasteiger partial charge is 0.312 e. The Bertz CT molecular complexity index is 642. The van der Waals surface area contributed by atoms with Crippen molar-refractivity contribution in [1.29, 1.82) is 0 Å². The first-order valence-corrected chi connectivity index (χ1v) is 7.40. The van der Waals surface area contributed by atoms with E-state index in [1.54, 1.807) is 0 Å². The number of hydrogen-bond acceptors (Lipinski definition) is 4. The van der Waals surface area contributed by atoms with Crippen LogP contribution >= 0.6 is 0 Å². The Balaban J connectivity index is 1.83. The van der Waals surface area contributed by atoms with Crippen molar-refractivity contribution in [1.82, 2.24) is 25.1 Å². The summed E-state index contributed by atoms with van der Waals surface area (Å²) in [5.74, 6) is 1.49. The lowest BCUT2D eigenvalue weighted by Crippen LogP contribution is -2.28. The lowest BCUT2D eigenvalue weighted by Gasteiger charge is -2.29. The fraction of sp³-hybridized carbons (Fsp3) is 0.533. The normalized spacial score (nSPS) is 18.6. The van der Waals surface area contributed by atoms with E-state index in [9.17, 15) is 0 Å². The van der Waals surface area contributed by atoms with Gasteiger partial charge in [-0.05, 0) is 12.8 Å². The second-order valence-electron chi connectivity index (χ2n) is 5.81. The van der Waals surface area contributed by atoms with E-state index in [1.165, 1.54) is 36.2 Å². The molecule has 0 saturated heterocycles. The zero-order valence-corrected chi connectivity index (χ0v) is 11.8. The molecule has 1 N–H and O–H groups in total. The van der Waals surface area contributed by atoms with Crippen LogP contribution in [0.5, 0.6) is 0 Å². The molecule has 2 aliphatic rings. The molecule has 0 atom stereocenters. The van der Waals surface area contributed by atoms with Crippen LogP contribution in [0.4, 0.5) is 0 Å². The van der Waals surface area contributed by atoms with Crippen molar-refractivity contribution in [2.45, 2.75) is 38.1 Å². The molecule has 0 radical (unpaired) electrons. The summed E-state index contributed by atoms with van der Waals surface area (Å²) in [6.07, 6.45) is 8.73. The van der Waals surface area contributed by atoms with Crippen molar-refractivity contribution in [2.75, 3.05) is 6.54 Å². The highest BCUT2D eigenvalue weighted by Crippen LogP contribution is 2.38. The summed E-state index contributed by atoms with van der Waals surface area (Å²) in [5.41, 5.74) is 4.90. The Kier molecular flexibility index (Phi) is 2.80. The van der Waals surface area contributed by atoms with Crippen molar-refractivity contribution < 1.29 is 0 Å². The molecule has 104 valence electrons. The molecule has 20 heavy (non-hydrogen) atoms. The van der Waals surface area contributed by atoms with Gasteiger partial charge in [-0.15, -0.1) is 0 Å². The Morgan fingerprint density at radius 3 is 2.90 bits per heavy atom. The van der Waals surface area contributed by atoms with Gasteiger partial charge in [-0.3, -0.25) is 4.68 Å². The second kappa shape index (κ2) is 4.66. The average Bonchev–Trinajstić information content (AvgIpc) is 2.83. The molecule has 1 saturated carbocycles. The summed E-state index contributed by atoms with van der Waals surface area (Å²) in [5, 5.41) is 7.69. The van der Waals surface area contributed by atoms with Crippen molar-refractivity contribution in [3.05, 3.63) is 29.3 Å². The highest BCUT2D eigenvalue weighted by Gasteiger charge is 2.27. The first-order valence-electron chi connectivity index (χ1n) is 7.40. The fourth-order valence-corrected chi connectivity index (χ4v) is 3.05. The van der Waals surface area contributed by atoms with Crippen LogP contribution in [0.25, 0.3) is 11.4 Å². The number of nitrogens with zero attached hydrogens (tertiary/aromatic N) is 4. The summed E-state index contributed by atoms with van der Waals surface area (Å²) in [7, 11) is 1.93. The lowest BCUT2D eigenvalue weighted by atomic mass is 9.80. The third-order valence-electron chi connectivity index (χ3n) is 4.42. The molecule has 1 aliphatic heterocycles. The fourth-order valence-electron chi connectivity index (χ4n) is 3.05. The van der Waals surface area contributed by atoms with Crippen LogP contribution in [0.3, 0.4) is 0 Å². The van der Waals surface area contributed by atoms with Crippen LogP contribution in [-0.4, -0.2) is 26.3 Å². The van der Waals surface area contributed by atoms with Crippen LogP contribution < -0.4 is 5.32 Å². The molecule has 1 aliphatic carbocycles.